The highest BCUT2D eigenvalue weighted by Gasteiger charge is 2.51. The topological polar surface area (TPSA) is 226 Å². The fourth-order valence-corrected chi connectivity index (χ4v) is 8.73. The van der Waals surface area contributed by atoms with Crippen LogP contribution >= 0.6 is 7.82 Å². The maximum absolute atomic E-state index is 13.0. The first-order valence-corrected chi connectivity index (χ1v) is 25.9. The molecule has 1 aliphatic rings. The first-order valence-electron chi connectivity index (χ1n) is 24.4. The molecule has 13 nitrogen and oxygen atoms in total. The van der Waals surface area contributed by atoms with Crippen LogP contribution in [0.1, 0.15) is 206 Å². The number of carbonyl (C=O) groups excluding carboxylic acids is 1. The van der Waals surface area contributed by atoms with Crippen LogP contribution in [0.4, 0.5) is 0 Å². The molecule has 1 aliphatic carbocycles. The summed E-state index contributed by atoms with van der Waals surface area (Å²) in [6.07, 6.45) is 26.9. The monoisotopic (exact) mass is 892 g/mol. The second-order valence-electron chi connectivity index (χ2n) is 17.5. The lowest BCUT2D eigenvalue weighted by Gasteiger charge is -2.41. The van der Waals surface area contributed by atoms with E-state index in [0.717, 1.165) is 51.4 Å². The van der Waals surface area contributed by atoms with Gasteiger partial charge in [-0.2, -0.15) is 0 Å². The van der Waals surface area contributed by atoms with Gasteiger partial charge in [-0.3, -0.25) is 13.8 Å². The van der Waals surface area contributed by atoms with Crippen molar-refractivity contribution in [2.24, 2.45) is 0 Å². The number of aliphatic hydroxyl groups is 7. The Balaban J connectivity index is 2.55. The highest BCUT2D eigenvalue weighted by atomic mass is 31.2. The van der Waals surface area contributed by atoms with Crippen molar-refractivity contribution in [3.8, 4) is 0 Å². The Morgan fingerprint density at radius 2 is 0.951 bits per heavy atom. The molecule has 0 aliphatic heterocycles. The molecule has 0 saturated heterocycles. The Labute approximate surface area is 369 Å². The molecule has 1 rings (SSSR count). The summed E-state index contributed by atoms with van der Waals surface area (Å²) in [6.45, 7) is 3.74. The average Bonchev–Trinajstić information content (AvgIpc) is 3.23. The van der Waals surface area contributed by atoms with Gasteiger partial charge >= 0.3 is 7.82 Å². The lowest BCUT2D eigenvalue weighted by atomic mass is 9.85. The van der Waals surface area contributed by atoms with Crippen LogP contribution in [0, 0.1) is 0 Å². The minimum Gasteiger partial charge on any atom is -0.393 e. The molecule has 0 spiro atoms. The van der Waals surface area contributed by atoms with Gasteiger partial charge in [-0.25, -0.2) is 4.57 Å². The van der Waals surface area contributed by atoms with Crippen molar-refractivity contribution >= 4 is 13.7 Å². The number of carbonyl (C=O) groups is 1. The van der Waals surface area contributed by atoms with Gasteiger partial charge in [-0.05, 0) is 44.9 Å². The third-order valence-corrected chi connectivity index (χ3v) is 12.8. The predicted octanol–water partition coefficient (Wildman–Crippen LogP) is 8.37. The van der Waals surface area contributed by atoms with Gasteiger partial charge < -0.3 is 46.0 Å². The summed E-state index contributed by atoms with van der Waals surface area (Å²) in [5.74, 6) is -0.601. The highest BCUT2D eigenvalue weighted by Crippen LogP contribution is 2.47. The van der Waals surface area contributed by atoms with Gasteiger partial charge in [0.15, 0.2) is 0 Å². The van der Waals surface area contributed by atoms with Gasteiger partial charge in [0, 0.05) is 0 Å². The van der Waals surface area contributed by atoms with Crippen LogP contribution in [-0.4, -0.2) is 108 Å². The Kier molecular flexibility index (Phi) is 35.1. The molecule has 0 heterocycles. The lowest BCUT2D eigenvalue weighted by molar-refractivity contribution is -0.220. The summed E-state index contributed by atoms with van der Waals surface area (Å²) in [7, 11) is -5.14. The third kappa shape index (κ3) is 29.0. The molecule has 8 atom stereocenters. The number of rotatable bonds is 40. The van der Waals surface area contributed by atoms with Gasteiger partial charge in [-0.15, -0.1) is 0 Å². The quantitative estimate of drug-likeness (QED) is 0.0161. The van der Waals surface area contributed by atoms with E-state index in [1.165, 1.54) is 128 Å². The van der Waals surface area contributed by atoms with Crippen molar-refractivity contribution in [1.29, 1.82) is 0 Å². The molecule has 1 amide bonds. The maximum atomic E-state index is 13.0. The summed E-state index contributed by atoms with van der Waals surface area (Å²) in [4.78, 5) is 23.4. The number of hydrogen-bond donors (Lipinski definition) is 9. The second-order valence-corrected chi connectivity index (χ2v) is 18.9. The van der Waals surface area contributed by atoms with Gasteiger partial charge in [0.05, 0.1) is 31.3 Å². The number of nitrogens with one attached hydrogen (secondary N) is 1. The second kappa shape index (κ2) is 37.0. The molecule has 8 unspecified atom stereocenters. The Morgan fingerprint density at radius 3 is 1.39 bits per heavy atom. The first kappa shape index (κ1) is 57.8. The molecule has 9 N–H and O–H groups in total. The van der Waals surface area contributed by atoms with E-state index in [9.17, 15) is 50.0 Å². The number of unbranched alkanes of at least 4 members (excludes halogenated alkanes) is 25. The molecule has 360 valence electrons. The summed E-state index contributed by atoms with van der Waals surface area (Å²) < 4.78 is 22.9. The van der Waals surface area contributed by atoms with Gasteiger partial charge in [0.25, 0.3) is 0 Å². The van der Waals surface area contributed by atoms with E-state index in [1.54, 1.807) is 6.08 Å². The third-order valence-electron chi connectivity index (χ3n) is 11.8. The van der Waals surface area contributed by atoms with Crippen LogP contribution in [0.3, 0.4) is 0 Å². The molecule has 14 heteroatoms. The first-order chi connectivity index (χ1) is 29.3. The van der Waals surface area contributed by atoms with E-state index >= 15 is 0 Å². The van der Waals surface area contributed by atoms with Crippen LogP contribution in [0.25, 0.3) is 0 Å². The average molecular weight is 892 g/mol. The molecule has 0 aromatic carbocycles. The SMILES string of the molecule is CCCCCCCCC/C=C\CCCCCC(O)CC(=O)NC(COP(=O)(O)OC1C(O)C(O)C(O)C(O)C1O)C(O)/C=C/CCCCCCCCCCCCCCCCC. The Morgan fingerprint density at radius 1 is 0.574 bits per heavy atom. The van der Waals surface area contributed by atoms with Crippen LogP contribution in [0.2, 0.25) is 0 Å². The van der Waals surface area contributed by atoms with Crippen LogP contribution in [0.15, 0.2) is 24.3 Å². The van der Waals surface area contributed by atoms with Crippen LogP contribution in [0.5, 0.6) is 0 Å². The predicted molar refractivity (Wildman–Crippen MR) is 243 cm³/mol. The fourth-order valence-electron chi connectivity index (χ4n) is 7.76. The van der Waals surface area contributed by atoms with Crippen molar-refractivity contribution in [3.63, 3.8) is 0 Å². The van der Waals surface area contributed by atoms with E-state index in [-0.39, 0.29) is 6.42 Å². The van der Waals surface area contributed by atoms with E-state index in [1.807, 2.05) is 0 Å². The normalized spacial score (nSPS) is 23.4. The zero-order valence-electron chi connectivity index (χ0n) is 38.1. The van der Waals surface area contributed by atoms with Crippen molar-refractivity contribution in [1.82, 2.24) is 5.32 Å². The standard InChI is InChI=1S/C47H90NO12P/c1-3-5-7-9-11-13-15-17-19-20-21-23-25-27-29-31-33-35-40(50)39(37-59-61(57,58)60-47-45(55)43(53)42(52)44(54)46(47)56)48-41(51)36-38(49)34-32-30-28-26-24-22-18-16-14-12-10-8-6-4-2/h22,24,33,35,38-40,42-47,49-50,52-56H,3-21,23,25-32,34,36-37H2,1-2H3,(H,48,51)(H,57,58)/b24-22-,35-33+. The van der Waals surface area contributed by atoms with E-state index in [4.69, 9.17) is 9.05 Å². The number of allylic oxidation sites excluding steroid dienone is 3. The fraction of sp³-hybridized carbons (Fsp3) is 0.894. The molecule has 0 radical (unpaired) electrons. The van der Waals surface area contributed by atoms with Crippen molar-refractivity contribution in [2.45, 2.75) is 261 Å². The number of amides is 1. The molecule has 0 bridgehead atoms. The summed E-state index contributed by atoms with van der Waals surface area (Å²) >= 11 is 0. The zero-order chi connectivity index (χ0) is 45.1. The maximum Gasteiger partial charge on any atom is 0.472 e. The van der Waals surface area contributed by atoms with Gasteiger partial charge in [-0.1, -0.05) is 179 Å². The van der Waals surface area contributed by atoms with Crippen molar-refractivity contribution in [3.05, 3.63) is 24.3 Å². The molecule has 0 aromatic heterocycles. The highest BCUT2D eigenvalue weighted by molar-refractivity contribution is 7.47. The smallest absolute Gasteiger partial charge is 0.393 e. The van der Waals surface area contributed by atoms with E-state index < -0.39 is 75.2 Å². The van der Waals surface area contributed by atoms with Crippen LogP contribution < -0.4 is 5.32 Å². The molecule has 61 heavy (non-hydrogen) atoms. The Hall–Kier alpha value is -1.22. The minimum atomic E-state index is -5.14. The van der Waals surface area contributed by atoms with Crippen LogP contribution in [-0.2, 0) is 18.4 Å². The molecular formula is C47H90NO12P. The summed E-state index contributed by atoms with van der Waals surface area (Å²) in [5, 5.41) is 74.5. The van der Waals surface area contributed by atoms with Gasteiger partial charge in [0.2, 0.25) is 5.91 Å². The van der Waals surface area contributed by atoms with E-state index in [2.05, 4.69) is 31.3 Å². The van der Waals surface area contributed by atoms with Crippen molar-refractivity contribution in [2.75, 3.05) is 6.61 Å². The zero-order valence-corrected chi connectivity index (χ0v) is 39.0. The number of aliphatic hydroxyl groups excluding tert-OH is 7. The summed E-state index contributed by atoms with van der Waals surface area (Å²) in [6, 6.07) is -1.24. The van der Waals surface area contributed by atoms with E-state index in [0.29, 0.717) is 12.8 Å². The molecule has 1 saturated carbocycles. The minimum absolute atomic E-state index is 0.254. The van der Waals surface area contributed by atoms with Crippen molar-refractivity contribution < 1.29 is 59.0 Å². The largest absolute Gasteiger partial charge is 0.472 e. The molecule has 1 fully saturated rings. The number of phosphoric acid groups is 1. The number of phosphoric ester groups is 1. The number of hydrogen-bond acceptors (Lipinski definition) is 11. The lowest BCUT2D eigenvalue weighted by Crippen LogP contribution is -2.64. The molecule has 0 aromatic rings. The summed E-state index contributed by atoms with van der Waals surface area (Å²) in [5.41, 5.74) is 0. The van der Waals surface area contributed by atoms with Gasteiger partial charge in [0.1, 0.15) is 36.6 Å². The Bertz CT molecular complexity index is 1140. The molecular weight excluding hydrogens is 801 g/mol.